The monoisotopic (exact) mass is 1370 g/mol. The van der Waals surface area contributed by atoms with E-state index < -0.39 is 0 Å². The lowest BCUT2D eigenvalue weighted by atomic mass is 9.82. The molecule has 0 saturated carbocycles. The van der Waals surface area contributed by atoms with Gasteiger partial charge in [0.15, 0.2) is 0 Å². The molecule has 0 unspecified atom stereocenters. The van der Waals surface area contributed by atoms with Crippen LogP contribution >= 0.6 is 22.7 Å². The van der Waals surface area contributed by atoms with Crippen LogP contribution in [0.3, 0.4) is 0 Å². The van der Waals surface area contributed by atoms with Gasteiger partial charge in [-0.1, -0.05) is 226 Å². The molecule has 492 valence electrons. The Morgan fingerprint density at radius 2 is 0.533 bits per heavy atom. The summed E-state index contributed by atoms with van der Waals surface area (Å²) < 4.78 is 15.0. The number of thiophene rings is 2. The fourth-order valence-electron chi connectivity index (χ4n) is 17.7. The van der Waals surface area contributed by atoms with Crippen LogP contribution in [-0.4, -0.2) is 18.3 Å². The second-order valence-electron chi connectivity index (χ2n) is 28.7. The standard InChI is InChI=1S/C51H34N2S.C48H30N2S/c1-51(2)43-24-20-31(32-21-25-47-40(27-32)36-14-6-9-17-45(36)52(47)33-12-4-3-5-13-33)26-39(43)35-23-22-34(28-44(35)51)53-46-18-10-7-15-37(46)41-30-50-42(29-48(41)53)38-16-8-11-19-49(38)54-50;1-2-10-31(11-3-1)32-18-23-35(24-19-32)49-43-15-7-4-12-37(43)40-28-34(22-27-45(40)49)33-20-25-36(26-21-33)50-44-16-8-5-13-38(44)41-30-48-42(29-46(41)50)39-14-6-9-17-47(39)51-48/h3-30H,1-2H3;1-30H. The van der Waals surface area contributed by atoms with Crippen LogP contribution in [0.2, 0.25) is 0 Å². The Bertz CT molecular complexity index is 7340. The van der Waals surface area contributed by atoms with Crippen molar-refractivity contribution >= 4 is 150 Å². The van der Waals surface area contributed by atoms with Crippen LogP contribution in [-0.2, 0) is 5.41 Å². The van der Waals surface area contributed by atoms with Gasteiger partial charge < -0.3 is 18.3 Å². The minimum Gasteiger partial charge on any atom is -0.309 e. The zero-order chi connectivity index (χ0) is 69.2. The molecular weight excluding hydrogens is 1310 g/mol. The first-order chi connectivity index (χ1) is 51.8. The number of fused-ring (bicyclic) bond motifs is 21. The molecule has 6 heteroatoms. The molecule has 0 atom stereocenters. The minimum absolute atomic E-state index is 0.137. The highest BCUT2D eigenvalue weighted by Crippen LogP contribution is 2.52. The molecule has 0 bridgehead atoms. The van der Waals surface area contributed by atoms with Gasteiger partial charge in [-0.25, -0.2) is 0 Å². The van der Waals surface area contributed by atoms with Crippen LogP contribution in [0.15, 0.2) is 352 Å². The summed E-state index contributed by atoms with van der Waals surface area (Å²) in [5.74, 6) is 0. The summed E-state index contributed by atoms with van der Waals surface area (Å²) in [6, 6.07) is 130. The molecule has 23 rings (SSSR count). The maximum atomic E-state index is 2.49. The molecule has 1 aliphatic carbocycles. The summed E-state index contributed by atoms with van der Waals surface area (Å²) in [5.41, 5.74) is 27.2. The molecule has 0 N–H and O–H groups in total. The number of hydrogen-bond acceptors (Lipinski definition) is 2. The SMILES string of the molecule is CC1(C)c2ccc(-c3ccc4c(c3)c3ccccc3n4-c3ccccc3)cc2-c2ccc(-n3c4ccccc4c4cc5sc6ccccc6c5cc43)cc21.c1ccc(-c2ccc(-n3c4ccccc4c4cc(-c5ccc(-n6c7ccccc7c7cc8sc9ccccc9c8cc76)cc5)ccc43)cc2)cc1. The summed E-state index contributed by atoms with van der Waals surface area (Å²) in [6.45, 7) is 4.77. The normalized spacial score (nSPS) is 12.7. The average molecular weight is 1370 g/mol. The Balaban J connectivity index is 0.000000132. The molecule has 16 aromatic carbocycles. The maximum absolute atomic E-state index is 2.49. The summed E-state index contributed by atoms with van der Waals surface area (Å²) >= 11 is 3.77. The molecule has 0 aliphatic heterocycles. The minimum atomic E-state index is -0.137. The fraction of sp³-hybridized carbons (Fsp3) is 0.0303. The molecule has 105 heavy (non-hydrogen) atoms. The van der Waals surface area contributed by atoms with Crippen molar-refractivity contribution in [2.24, 2.45) is 0 Å². The quantitative estimate of drug-likeness (QED) is 0.152. The van der Waals surface area contributed by atoms with Gasteiger partial charge in [0, 0.05) is 112 Å². The topological polar surface area (TPSA) is 19.7 Å². The first kappa shape index (κ1) is 59.8. The van der Waals surface area contributed by atoms with Gasteiger partial charge in [0.25, 0.3) is 0 Å². The third-order valence-corrected chi connectivity index (χ3v) is 24.9. The van der Waals surface area contributed by atoms with E-state index >= 15 is 0 Å². The number of hydrogen-bond donors (Lipinski definition) is 0. The van der Waals surface area contributed by atoms with Crippen molar-refractivity contribution in [3.8, 4) is 67.3 Å². The average Bonchev–Trinajstić information content (AvgIpc) is 1.57. The number of nitrogens with zero attached hydrogens (tertiary/aromatic N) is 4. The molecule has 0 spiro atoms. The molecule has 0 radical (unpaired) electrons. The number of benzene rings is 16. The third-order valence-electron chi connectivity index (χ3n) is 22.6. The molecule has 22 aromatic rings. The second-order valence-corrected chi connectivity index (χ2v) is 30.9. The molecule has 1 aliphatic rings. The van der Waals surface area contributed by atoms with Crippen molar-refractivity contribution in [3.05, 3.63) is 363 Å². The van der Waals surface area contributed by atoms with E-state index in [9.17, 15) is 0 Å². The Kier molecular flexibility index (Phi) is 13.2. The third kappa shape index (κ3) is 9.17. The van der Waals surface area contributed by atoms with Gasteiger partial charge in [-0.3, -0.25) is 0 Å². The second kappa shape index (κ2) is 23.1. The smallest absolute Gasteiger partial charge is 0.0548 e. The van der Waals surface area contributed by atoms with Gasteiger partial charge in [-0.05, 0) is 195 Å². The molecule has 4 nitrogen and oxygen atoms in total. The Morgan fingerprint density at radius 3 is 1.04 bits per heavy atom. The van der Waals surface area contributed by atoms with Crippen molar-refractivity contribution in [1.29, 1.82) is 0 Å². The first-order valence-electron chi connectivity index (χ1n) is 36.2. The molecular formula is C99H64N4S2. The summed E-state index contributed by atoms with van der Waals surface area (Å²) in [7, 11) is 0. The van der Waals surface area contributed by atoms with Gasteiger partial charge in [-0.2, -0.15) is 0 Å². The molecule has 0 saturated heterocycles. The van der Waals surface area contributed by atoms with Gasteiger partial charge in [-0.15, -0.1) is 22.7 Å². The lowest BCUT2D eigenvalue weighted by molar-refractivity contribution is 0.660. The lowest BCUT2D eigenvalue weighted by Gasteiger charge is -2.22. The molecule has 6 heterocycles. The van der Waals surface area contributed by atoms with E-state index in [-0.39, 0.29) is 5.41 Å². The van der Waals surface area contributed by atoms with E-state index in [1.165, 1.54) is 200 Å². The van der Waals surface area contributed by atoms with E-state index in [1.54, 1.807) is 0 Å². The first-order valence-corrected chi connectivity index (χ1v) is 37.8. The Labute approximate surface area is 613 Å². The van der Waals surface area contributed by atoms with Gasteiger partial charge in [0.1, 0.15) is 0 Å². The van der Waals surface area contributed by atoms with E-state index in [1.807, 2.05) is 22.7 Å². The van der Waals surface area contributed by atoms with E-state index in [4.69, 9.17) is 0 Å². The van der Waals surface area contributed by atoms with Gasteiger partial charge >= 0.3 is 0 Å². The predicted octanol–water partition coefficient (Wildman–Crippen LogP) is 27.8. The van der Waals surface area contributed by atoms with Crippen LogP contribution in [0.4, 0.5) is 0 Å². The van der Waals surface area contributed by atoms with E-state index in [0.717, 1.165) is 5.69 Å². The van der Waals surface area contributed by atoms with Crippen molar-refractivity contribution in [2.45, 2.75) is 19.3 Å². The fourth-order valence-corrected chi connectivity index (χ4v) is 19.9. The van der Waals surface area contributed by atoms with E-state index in [0.29, 0.717) is 0 Å². The number of rotatable bonds is 7. The lowest BCUT2D eigenvalue weighted by Crippen LogP contribution is -2.15. The molecule has 6 aromatic heterocycles. The van der Waals surface area contributed by atoms with Gasteiger partial charge in [0.2, 0.25) is 0 Å². The van der Waals surface area contributed by atoms with Crippen LogP contribution < -0.4 is 0 Å². The molecule has 0 fully saturated rings. The van der Waals surface area contributed by atoms with Crippen molar-refractivity contribution < 1.29 is 0 Å². The van der Waals surface area contributed by atoms with Crippen molar-refractivity contribution in [3.63, 3.8) is 0 Å². The summed E-state index contributed by atoms with van der Waals surface area (Å²) in [5, 5.41) is 15.6. The highest BCUT2D eigenvalue weighted by Gasteiger charge is 2.36. The largest absolute Gasteiger partial charge is 0.309 e. The number of aromatic nitrogens is 4. The van der Waals surface area contributed by atoms with E-state index in [2.05, 4.69) is 384 Å². The molecule has 0 amide bonds. The predicted molar refractivity (Wildman–Crippen MR) is 450 cm³/mol. The van der Waals surface area contributed by atoms with Crippen LogP contribution in [0, 0.1) is 0 Å². The van der Waals surface area contributed by atoms with Crippen LogP contribution in [0.25, 0.3) is 195 Å². The van der Waals surface area contributed by atoms with Gasteiger partial charge in [0.05, 0.1) is 44.1 Å². The highest BCUT2D eigenvalue weighted by atomic mass is 32.1. The number of para-hydroxylation sites is 5. The summed E-state index contributed by atoms with van der Waals surface area (Å²) in [4.78, 5) is 0. The summed E-state index contributed by atoms with van der Waals surface area (Å²) in [6.07, 6.45) is 0. The zero-order valence-corrected chi connectivity index (χ0v) is 59.2. The Morgan fingerprint density at radius 1 is 0.190 bits per heavy atom. The highest BCUT2D eigenvalue weighted by molar-refractivity contribution is 7.26. The van der Waals surface area contributed by atoms with Crippen molar-refractivity contribution in [1.82, 2.24) is 18.3 Å². The van der Waals surface area contributed by atoms with Crippen LogP contribution in [0.1, 0.15) is 25.0 Å². The zero-order valence-electron chi connectivity index (χ0n) is 57.6. The van der Waals surface area contributed by atoms with Crippen molar-refractivity contribution in [2.75, 3.05) is 0 Å². The van der Waals surface area contributed by atoms with Crippen LogP contribution in [0.5, 0.6) is 0 Å². The maximum Gasteiger partial charge on any atom is 0.0548 e. The Hall–Kier alpha value is -12.8.